The van der Waals surface area contributed by atoms with Gasteiger partial charge in [0, 0.05) is 11.8 Å². The topological polar surface area (TPSA) is 104 Å². The second-order valence-corrected chi connectivity index (χ2v) is 5.53. The quantitative estimate of drug-likeness (QED) is 0.582. The van der Waals surface area contributed by atoms with Gasteiger partial charge in [-0.2, -0.15) is 0 Å². The van der Waals surface area contributed by atoms with Gasteiger partial charge in [-0.1, -0.05) is 0 Å². The molecule has 0 amide bonds. The summed E-state index contributed by atoms with van der Waals surface area (Å²) >= 11 is 0. The maximum absolute atomic E-state index is 6.25. The lowest BCUT2D eigenvalue weighted by molar-refractivity contribution is 0.405. The van der Waals surface area contributed by atoms with Crippen LogP contribution in [0.2, 0.25) is 0 Å². The van der Waals surface area contributed by atoms with Crippen molar-refractivity contribution < 1.29 is 14.2 Å². The summed E-state index contributed by atoms with van der Waals surface area (Å²) in [5, 5.41) is 6.34. The molecule has 27 heavy (non-hydrogen) atoms. The number of anilines is 5. The van der Waals surface area contributed by atoms with Crippen LogP contribution < -0.4 is 30.6 Å². The summed E-state index contributed by atoms with van der Waals surface area (Å²) < 4.78 is 15.8. The van der Waals surface area contributed by atoms with Crippen molar-refractivity contribution in [2.75, 3.05) is 37.7 Å². The van der Waals surface area contributed by atoms with Crippen molar-refractivity contribution in [1.82, 2.24) is 9.97 Å². The average Bonchev–Trinajstić information content (AvgIpc) is 2.71. The fourth-order valence-corrected chi connectivity index (χ4v) is 2.45. The molecule has 0 bridgehead atoms. The summed E-state index contributed by atoms with van der Waals surface area (Å²) in [7, 11) is 4.81. The molecule has 0 saturated carbocycles. The molecule has 2 aromatic carbocycles. The number of benzene rings is 2. The Morgan fingerprint density at radius 2 is 1.41 bits per heavy atom. The molecule has 0 atom stereocenters. The van der Waals surface area contributed by atoms with Crippen LogP contribution >= 0.6 is 0 Å². The van der Waals surface area contributed by atoms with Crippen molar-refractivity contribution in [2.24, 2.45) is 0 Å². The van der Waals surface area contributed by atoms with E-state index in [-0.39, 0.29) is 0 Å². The van der Waals surface area contributed by atoms with Gasteiger partial charge in [0.15, 0.2) is 11.6 Å². The zero-order chi connectivity index (χ0) is 19.2. The molecule has 1 aromatic heterocycles. The van der Waals surface area contributed by atoms with Crippen LogP contribution in [0, 0.1) is 0 Å². The first-order valence-corrected chi connectivity index (χ1v) is 8.15. The van der Waals surface area contributed by atoms with Gasteiger partial charge in [-0.15, -0.1) is 0 Å². The largest absolute Gasteiger partial charge is 0.497 e. The van der Waals surface area contributed by atoms with Crippen LogP contribution in [-0.2, 0) is 0 Å². The van der Waals surface area contributed by atoms with Gasteiger partial charge in [0.05, 0.1) is 27.0 Å². The maximum Gasteiger partial charge on any atom is 0.159 e. The van der Waals surface area contributed by atoms with Crippen LogP contribution in [0.5, 0.6) is 17.2 Å². The van der Waals surface area contributed by atoms with Crippen molar-refractivity contribution in [3.63, 3.8) is 0 Å². The lowest BCUT2D eigenvalue weighted by atomic mass is 10.2. The highest BCUT2D eigenvalue weighted by atomic mass is 16.5. The van der Waals surface area contributed by atoms with E-state index in [1.807, 2.05) is 30.3 Å². The zero-order valence-electron chi connectivity index (χ0n) is 15.3. The Hall–Kier alpha value is -3.68. The summed E-state index contributed by atoms with van der Waals surface area (Å²) in [6.45, 7) is 0. The van der Waals surface area contributed by atoms with Gasteiger partial charge < -0.3 is 30.6 Å². The van der Waals surface area contributed by atoms with E-state index in [1.165, 1.54) is 6.33 Å². The second-order valence-electron chi connectivity index (χ2n) is 5.53. The van der Waals surface area contributed by atoms with E-state index in [0.717, 1.165) is 11.4 Å². The third-order valence-electron chi connectivity index (χ3n) is 3.90. The normalized spacial score (nSPS) is 10.2. The summed E-state index contributed by atoms with van der Waals surface area (Å²) in [6.07, 6.45) is 1.43. The number of nitrogens with two attached hydrogens (primary N) is 1. The van der Waals surface area contributed by atoms with Crippen LogP contribution in [0.1, 0.15) is 0 Å². The highest BCUT2D eigenvalue weighted by Crippen LogP contribution is 2.34. The molecule has 4 N–H and O–H groups in total. The molecule has 0 aliphatic carbocycles. The van der Waals surface area contributed by atoms with Crippen molar-refractivity contribution >= 4 is 28.7 Å². The first kappa shape index (κ1) is 18.1. The molecule has 0 unspecified atom stereocenters. The van der Waals surface area contributed by atoms with Crippen LogP contribution in [0.3, 0.4) is 0 Å². The molecule has 1 heterocycles. The summed E-state index contributed by atoms with van der Waals surface area (Å²) in [5.41, 5.74) is 8.13. The van der Waals surface area contributed by atoms with Crippen molar-refractivity contribution in [2.45, 2.75) is 0 Å². The lowest BCUT2D eigenvalue weighted by Gasteiger charge is -2.15. The Balaban J connectivity index is 1.86. The minimum Gasteiger partial charge on any atom is -0.497 e. The first-order chi connectivity index (χ1) is 13.1. The van der Waals surface area contributed by atoms with Gasteiger partial charge in [0.2, 0.25) is 0 Å². The molecule has 0 radical (unpaired) electrons. The molecular formula is C19H21N5O3. The number of nitrogen functional groups attached to an aromatic ring is 1. The van der Waals surface area contributed by atoms with E-state index in [1.54, 1.807) is 33.5 Å². The van der Waals surface area contributed by atoms with Crippen molar-refractivity contribution in [1.29, 1.82) is 0 Å². The summed E-state index contributed by atoms with van der Waals surface area (Å²) in [5.74, 6) is 3.02. The predicted molar refractivity (Wildman–Crippen MR) is 106 cm³/mol. The van der Waals surface area contributed by atoms with Crippen molar-refractivity contribution in [3.05, 3.63) is 48.8 Å². The van der Waals surface area contributed by atoms with E-state index in [0.29, 0.717) is 34.5 Å². The van der Waals surface area contributed by atoms with E-state index in [2.05, 4.69) is 20.6 Å². The Morgan fingerprint density at radius 1 is 0.778 bits per heavy atom. The molecule has 8 nitrogen and oxygen atoms in total. The number of ether oxygens (including phenoxy) is 3. The SMILES string of the molecule is COc1ccc(Nc2ncnc(Nc3cc(OC)ccc3OC)c2N)cc1. The number of methoxy groups -OCH3 is 3. The number of aromatic nitrogens is 2. The molecule has 0 aliphatic heterocycles. The lowest BCUT2D eigenvalue weighted by Crippen LogP contribution is -2.06. The molecular weight excluding hydrogens is 346 g/mol. The Kier molecular flexibility index (Phi) is 5.46. The Labute approximate surface area is 157 Å². The third kappa shape index (κ3) is 4.12. The van der Waals surface area contributed by atoms with Crippen LogP contribution in [0.4, 0.5) is 28.7 Å². The minimum absolute atomic E-state index is 0.373. The standard InChI is InChI=1S/C19H21N5O3/c1-25-13-6-4-12(5-7-13)23-18-17(20)19(22-11-21-18)24-15-10-14(26-2)8-9-16(15)27-3/h4-11H,20H2,1-3H3,(H2,21,22,23,24). The number of nitrogens with zero attached hydrogens (tertiary/aromatic N) is 2. The molecule has 0 aliphatic rings. The maximum atomic E-state index is 6.25. The molecule has 3 rings (SSSR count). The molecule has 0 saturated heterocycles. The number of hydrogen-bond donors (Lipinski definition) is 3. The smallest absolute Gasteiger partial charge is 0.159 e. The fraction of sp³-hybridized carbons (Fsp3) is 0.158. The highest BCUT2D eigenvalue weighted by Gasteiger charge is 2.12. The monoisotopic (exact) mass is 367 g/mol. The Bertz CT molecular complexity index is 916. The van der Waals surface area contributed by atoms with E-state index >= 15 is 0 Å². The van der Waals surface area contributed by atoms with Gasteiger partial charge in [0.25, 0.3) is 0 Å². The van der Waals surface area contributed by atoms with Crippen LogP contribution in [0.15, 0.2) is 48.8 Å². The predicted octanol–water partition coefficient (Wildman–Crippen LogP) is 3.57. The third-order valence-corrected chi connectivity index (χ3v) is 3.90. The highest BCUT2D eigenvalue weighted by molar-refractivity contribution is 5.81. The number of nitrogens with one attached hydrogen (secondary N) is 2. The van der Waals surface area contributed by atoms with Gasteiger partial charge in [-0.05, 0) is 36.4 Å². The Morgan fingerprint density at radius 3 is 2.04 bits per heavy atom. The van der Waals surface area contributed by atoms with Gasteiger partial charge in [-0.25, -0.2) is 9.97 Å². The first-order valence-electron chi connectivity index (χ1n) is 8.15. The van der Waals surface area contributed by atoms with Gasteiger partial charge >= 0.3 is 0 Å². The summed E-state index contributed by atoms with van der Waals surface area (Å²) in [4.78, 5) is 8.45. The van der Waals surface area contributed by atoms with Gasteiger partial charge in [0.1, 0.15) is 29.3 Å². The molecule has 8 heteroatoms. The van der Waals surface area contributed by atoms with E-state index in [9.17, 15) is 0 Å². The molecule has 3 aromatic rings. The molecule has 140 valence electrons. The van der Waals surface area contributed by atoms with Crippen LogP contribution in [0.25, 0.3) is 0 Å². The van der Waals surface area contributed by atoms with E-state index < -0.39 is 0 Å². The fourth-order valence-electron chi connectivity index (χ4n) is 2.45. The average molecular weight is 367 g/mol. The zero-order valence-corrected chi connectivity index (χ0v) is 15.3. The van der Waals surface area contributed by atoms with Crippen molar-refractivity contribution in [3.8, 4) is 17.2 Å². The minimum atomic E-state index is 0.373. The summed E-state index contributed by atoms with van der Waals surface area (Å²) in [6, 6.07) is 12.9. The van der Waals surface area contributed by atoms with E-state index in [4.69, 9.17) is 19.9 Å². The van der Waals surface area contributed by atoms with Crippen LogP contribution in [-0.4, -0.2) is 31.3 Å². The molecule has 0 fully saturated rings. The number of rotatable bonds is 7. The number of hydrogen-bond acceptors (Lipinski definition) is 8. The van der Waals surface area contributed by atoms with Gasteiger partial charge in [-0.3, -0.25) is 0 Å². The second kappa shape index (κ2) is 8.13. The molecule has 0 spiro atoms.